The summed E-state index contributed by atoms with van der Waals surface area (Å²) in [5.41, 5.74) is 0. The highest BCUT2D eigenvalue weighted by atomic mass is 16.2. The number of carbonyl (C=O) groups excluding carboxylic acids is 2. The molecule has 2 amide bonds. The minimum atomic E-state index is -0.590. The van der Waals surface area contributed by atoms with Crippen LogP contribution >= 0.6 is 0 Å². The highest BCUT2D eigenvalue weighted by Gasteiger charge is 2.38. The standard InChI is InChI=1S/C12H16N2O2/c13-8-10-6-7-14(12(10)16)11(15)9-4-2-1-3-5-9/h9-10H,1-7H2. The van der Waals surface area contributed by atoms with Gasteiger partial charge in [0, 0.05) is 12.5 Å². The molecule has 16 heavy (non-hydrogen) atoms. The number of hydrogen-bond donors (Lipinski definition) is 0. The van der Waals surface area contributed by atoms with E-state index in [0.29, 0.717) is 13.0 Å². The highest BCUT2D eigenvalue weighted by Crippen LogP contribution is 2.28. The first-order chi connectivity index (χ1) is 7.74. The molecule has 4 heteroatoms. The molecule has 1 saturated carbocycles. The summed E-state index contributed by atoms with van der Waals surface area (Å²) in [5, 5.41) is 8.74. The molecule has 4 nitrogen and oxygen atoms in total. The fraction of sp³-hybridized carbons (Fsp3) is 0.750. The van der Waals surface area contributed by atoms with Crippen molar-refractivity contribution in [3.63, 3.8) is 0 Å². The SMILES string of the molecule is N#CC1CCN(C(=O)C2CCCCC2)C1=O. The number of likely N-dealkylation sites (tertiary alicyclic amines) is 1. The lowest BCUT2D eigenvalue weighted by molar-refractivity contribution is -0.146. The predicted octanol–water partition coefficient (Wildman–Crippen LogP) is 1.47. The molecular formula is C12H16N2O2. The van der Waals surface area contributed by atoms with Gasteiger partial charge in [0.15, 0.2) is 0 Å². The fourth-order valence-corrected chi connectivity index (χ4v) is 2.59. The number of nitrogens with zero attached hydrogens (tertiary/aromatic N) is 2. The summed E-state index contributed by atoms with van der Waals surface area (Å²) in [6.45, 7) is 0.437. The number of nitriles is 1. The van der Waals surface area contributed by atoms with Crippen LogP contribution in [0.1, 0.15) is 38.5 Å². The molecule has 0 radical (unpaired) electrons. The Kier molecular flexibility index (Phi) is 3.23. The summed E-state index contributed by atoms with van der Waals surface area (Å²) < 4.78 is 0. The number of hydrogen-bond acceptors (Lipinski definition) is 3. The Balaban J connectivity index is 2.00. The van der Waals surface area contributed by atoms with Crippen molar-refractivity contribution >= 4 is 11.8 Å². The molecule has 0 aromatic heterocycles. The van der Waals surface area contributed by atoms with Crippen molar-refractivity contribution in [3.05, 3.63) is 0 Å². The van der Waals surface area contributed by atoms with Crippen LogP contribution in [0.4, 0.5) is 0 Å². The van der Waals surface area contributed by atoms with Crippen molar-refractivity contribution in [1.82, 2.24) is 4.90 Å². The van der Waals surface area contributed by atoms with Gasteiger partial charge in [0.25, 0.3) is 0 Å². The first-order valence-corrected chi connectivity index (χ1v) is 5.99. The third-order valence-corrected chi connectivity index (χ3v) is 3.58. The van der Waals surface area contributed by atoms with Crippen LogP contribution in [0.2, 0.25) is 0 Å². The summed E-state index contributed by atoms with van der Waals surface area (Å²) in [4.78, 5) is 25.1. The van der Waals surface area contributed by atoms with Gasteiger partial charge in [0.05, 0.1) is 6.07 Å². The van der Waals surface area contributed by atoms with Crippen LogP contribution in [0.15, 0.2) is 0 Å². The maximum absolute atomic E-state index is 12.1. The second-order valence-corrected chi connectivity index (χ2v) is 4.63. The van der Waals surface area contributed by atoms with E-state index in [1.54, 1.807) is 0 Å². The van der Waals surface area contributed by atoms with E-state index in [-0.39, 0.29) is 17.7 Å². The maximum Gasteiger partial charge on any atom is 0.246 e. The molecule has 1 aliphatic heterocycles. The molecule has 86 valence electrons. The lowest BCUT2D eigenvalue weighted by Gasteiger charge is -2.24. The smallest absolute Gasteiger partial charge is 0.246 e. The molecule has 0 aromatic rings. The molecule has 1 saturated heterocycles. The first-order valence-electron chi connectivity index (χ1n) is 5.99. The van der Waals surface area contributed by atoms with E-state index in [1.165, 1.54) is 11.3 Å². The van der Waals surface area contributed by atoms with Gasteiger partial charge in [0.2, 0.25) is 11.8 Å². The van der Waals surface area contributed by atoms with Gasteiger partial charge >= 0.3 is 0 Å². The Morgan fingerprint density at radius 2 is 1.94 bits per heavy atom. The van der Waals surface area contributed by atoms with E-state index in [1.807, 2.05) is 6.07 Å². The average molecular weight is 220 g/mol. The lowest BCUT2D eigenvalue weighted by Crippen LogP contribution is -2.38. The second-order valence-electron chi connectivity index (χ2n) is 4.63. The van der Waals surface area contributed by atoms with Crippen LogP contribution in [0.5, 0.6) is 0 Å². The summed E-state index contributed by atoms with van der Waals surface area (Å²) in [5.74, 6) is -0.886. The van der Waals surface area contributed by atoms with E-state index < -0.39 is 5.92 Å². The molecule has 0 bridgehead atoms. The van der Waals surface area contributed by atoms with Crippen LogP contribution in [0.3, 0.4) is 0 Å². The van der Waals surface area contributed by atoms with Crippen molar-refractivity contribution in [2.24, 2.45) is 11.8 Å². The molecule has 0 N–H and O–H groups in total. The zero-order valence-electron chi connectivity index (χ0n) is 9.32. The van der Waals surface area contributed by atoms with Gasteiger partial charge in [-0.05, 0) is 19.3 Å². The molecule has 1 aliphatic carbocycles. The summed E-state index contributed by atoms with van der Waals surface area (Å²) in [6, 6.07) is 1.96. The van der Waals surface area contributed by atoms with Crippen LogP contribution < -0.4 is 0 Å². The summed E-state index contributed by atoms with van der Waals surface area (Å²) in [7, 11) is 0. The Morgan fingerprint density at radius 3 is 2.50 bits per heavy atom. The average Bonchev–Trinajstić information content (AvgIpc) is 2.70. The Labute approximate surface area is 95.2 Å². The number of imide groups is 1. The lowest BCUT2D eigenvalue weighted by atomic mass is 9.88. The molecule has 1 atom stereocenters. The van der Waals surface area contributed by atoms with Gasteiger partial charge in [-0.1, -0.05) is 19.3 Å². The first kappa shape index (κ1) is 11.1. The third-order valence-electron chi connectivity index (χ3n) is 3.58. The van der Waals surface area contributed by atoms with Crippen molar-refractivity contribution in [2.45, 2.75) is 38.5 Å². The minimum Gasteiger partial charge on any atom is -0.281 e. The summed E-state index contributed by atoms with van der Waals surface area (Å²) in [6.07, 6.45) is 5.67. The van der Waals surface area contributed by atoms with Crippen LogP contribution in [0, 0.1) is 23.2 Å². The van der Waals surface area contributed by atoms with E-state index in [9.17, 15) is 9.59 Å². The minimum absolute atomic E-state index is 0.0233. The zero-order chi connectivity index (χ0) is 11.5. The molecule has 1 unspecified atom stereocenters. The van der Waals surface area contributed by atoms with Crippen molar-refractivity contribution in [2.75, 3.05) is 6.54 Å². The van der Waals surface area contributed by atoms with Crippen molar-refractivity contribution in [3.8, 4) is 6.07 Å². The van der Waals surface area contributed by atoms with Crippen molar-refractivity contribution in [1.29, 1.82) is 5.26 Å². The van der Waals surface area contributed by atoms with Crippen molar-refractivity contribution < 1.29 is 9.59 Å². The molecule has 2 aliphatic rings. The molecule has 0 spiro atoms. The van der Waals surface area contributed by atoms with E-state index in [0.717, 1.165) is 25.7 Å². The quantitative estimate of drug-likeness (QED) is 0.628. The molecule has 2 rings (SSSR count). The fourth-order valence-electron chi connectivity index (χ4n) is 2.59. The second kappa shape index (κ2) is 4.65. The van der Waals surface area contributed by atoms with E-state index >= 15 is 0 Å². The summed E-state index contributed by atoms with van der Waals surface area (Å²) >= 11 is 0. The number of rotatable bonds is 1. The van der Waals surface area contributed by atoms with E-state index in [2.05, 4.69) is 0 Å². The van der Waals surface area contributed by atoms with E-state index in [4.69, 9.17) is 5.26 Å². The molecule has 1 heterocycles. The third kappa shape index (κ3) is 1.95. The van der Waals surface area contributed by atoms with Crippen LogP contribution in [-0.4, -0.2) is 23.3 Å². The molecule has 0 aromatic carbocycles. The molecule has 2 fully saturated rings. The largest absolute Gasteiger partial charge is 0.281 e. The Bertz CT molecular complexity index is 339. The number of carbonyl (C=O) groups is 2. The maximum atomic E-state index is 12.1. The Morgan fingerprint density at radius 1 is 1.25 bits per heavy atom. The van der Waals surface area contributed by atoms with Gasteiger partial charge in [-0.15, -0.1) is 0 Å². The topological polar surface area (TPSA) is 61.2 Å². The van der Waals surface area contributed by atoms with Crippen LogP contribution in [-0.2, 0) is 9.59 Å². The normalized spacial score (nSPS) is 26.8. The molecular weight excluding hydrogens is 204 g/mol. The Hall–Kier alpha value is -1.37. The van der Waals surface area contributed by atoms with Gasteiger partial charge in [-0.2, -0.15) is 5.26 Å². The predicted molar refractivity (Wildman–Crippen MR) is 57.0 cm³/mol. The van der Waals surface area contributed by atoms with Crippen LogP contribution in [0.25, 0.3) is 0 Å². The van der Waals surface area contributed by atoms with Gasteiger partial charge < -0.3 is 0 Å². The highest BCUT2D eigenvalue weighted by molar-refractivity contribution is 5.99. The van der Waals surface area contributed by atoms with Gasteiger partial charge in [-0.3, -0.25) is 14.5 Å². The number of amides is 2. The monoisotopic (exact) mass is 220 g/mol. The van der Waals surface area contributed by atoms with Gasteiger partial charge in [0.1, 0.15) is 5.92 Å². The van der Waals surface area contributed by atoms with Gasteiger partial charge in [-0.25, -0.2) is 0 Å². The zero-order valence-corrected chi connectivity index (χ0v) is 9.32.